The van der Waals surface area contributed by atoms with Crippen LogP contribution >= 0.6 is 0 Å². The molecule has 0 heterocycles. The van der Waals surface area contributed by atoms with Crippen LogP contribution in [0.15, 0.2) is 18.2 Å². The van der Waals surface area contributed by atoms with Gasteiger partial charge in [0.15, 0.2) is 0 Å². The van der Waals surface area contributed by atoms with Crippen LogP contribution in [-0.2, 0) is 6.61 Å². The third-order valence-electron chi connectivity index (χ3n) is 1.68. The highest BCUT2D eigenvalue weighted by Crippen LogP contribution is 2.17. The van der Waals surface area contributed by atoms with Crippen molar-refractivity contribution >= 4 is 0 Å². The molecule has 0 aliphatic heterocycles. The van der Waals surface area contributed by atoms with Gasteiger partial charge in [-0.25, -0.2) is 0 Å². The Morgan fingerprint density at radius 3 is 2.85 bits per heavy atom. The van der Waals surface area contributed by atoms with Crippen LogP contribution in [0.5, 0.6) is 5.75 Å². The lowest BCUT2D eigenvalue weighted by Crippen LogP contribution is -1.95. The largest absolute Gasteiger partial charge is 0.494 e. The zero-order valence-corrected chi connectivity index (χ0v) is 7.45. The fourth-order valence-electron chi connectivity index (χ4n) is 1.07. The van der Waals surface area contributed by atoms with E-state index in [2.05, 4.69) is 0 Å². The molecule has 0 radical (unpaired) electrons. The third kappa shape index (κ3) is 2.20. The topological polar surface area (TPSA) is 53.2 Å². The fourth-order valence-corrected chi connectivity index (χ4v) is 1.07. The number of benzene rings is 1. The molecule has 0 aliphatic rings. The monoisotopic (exact) mass is 177 g/mol. The van der Waals surface area contributed by atoms with Crippen LogP contribution in [0.25, 0.3) is 0 Å². The van der Waals surface area contributed by atoms with Crippen molar-refractivity contribution in [3.8, 4) is 11.8 Å². The van der Waals surface area contributed by atoms with Crippen LogP contribution in [0.3, 0.4) is 0 Å². The van der Waals surface area contributed by atoms with E-state index in [1.165, 1.54) is 0 Å². The van der Waals surface area contributed by atoms with Gasteiger partial charge in [-0.3, -0.25) is 0 Å². The summed E-state index contributed by atoms with van der Waals surface area (Å²) < 4.78 is 5.23. The first-order chi connectivity index (χ1) is 6.31. The maximum absolute atomic E-state index is 8.94. The summed E-state index contributed by atoms with van der Waals surface area (Å²) in [5.74, 6) is 0.686. The molecule has 0 bridgehead atoms. The second-order valence-corrected chi connectivity index (χ2v) is 2.52. The highest BCUT2D eigenvalue weighted by atomic mass is 16.5. The summed E-state index contributed by atoms with van der Waals surface area (Å²) in [5, 5.41) is 17.6. The molecule has 3 heteroatoms. The molecule has 0 amide bonds. The van der Waals surface area contributed by atoms with Gasteiger partial charge in [0.1, 0.15) is 5.75 Å². The second-order valence-electron chi connectivity index (χ2n) is 2.52. The van der Waals surface area contributed by atoms with Gasteiger partial charge in [0.05, 0.1) is 24.8 Å². The van der Waals surface area contributed by atoms with E-state index in [-0.39, 0.29) is 6.61 Å². The van der Waals surface area contributed by atoms with Crippen molar-refractivity contribution in [1.82, 2.24) is 0 Å². The Hall–Kier alpha value is -1.53. The van der Waals surface area contributed by atoms with Crippen LogP contribution in [0.2, 0.25) is 0 Å². The van der Waals surface area contributed by atoms with Crippen LogP contribution in [0, 0.1) is 11.3 Å². The van der Waals surface area contributed by atoms with Gasteiger partial charge in [-0.15, -0.1) is 0 Å². The highest BCUT2D eigenvalue weighted by molar-refractivity contribution is 5.42. The van der Waals surface area contributed by atoms with E-state index in [4.69, 9.17) is 15.1 Å². The number of nitriles is 1. The normalized spacial score (nSPS) is 9.31. The lowest BCUT2D eigenvalue weighted by atomic mass is 10.1. The van der Waals surface area contributed by atoms with E-state index >= 15 is 0 Å². The zero-order chi connectivity index (χ0) is 9.68. The predicted octanol–water partition coefficient (Wildman–Crippen LogP) is 1.45. The SMILES string of the molecule is CCOc1ccc(C#N)c(CO)c1. The number of aliphatic hydroxyl groups excluding tert-OH is 1. The predicted molar refractivity (Wildman–Crippen MR) is 48.2 cm³/mol. The molecule has 0 atom stereocenters. The van der Waals surface area contributed by atoms with Gasteiger partial charge in [0, 0.05) is 0 Å². The van der Waals surface area contributed by atoms with Crippen molar-refractivity contribution in [3.63, 3.8) is 0 Å². The van der Waals surface area contributed by atoms with E-state index in [1.807, 2.05) is 13.0 Å². The molecule has 1 aromatic carbocycles. The Morgan fingerprint density at radius 2 is 2.31 bits per heavy atom. The van der Waals surface area contributed by atoms with Crippen molar-refractivity contribution in [2.75, 3.05) is 6.61 Å². The summed E-state index contributed by atoms with van der Waals surface area (Å²) in [6.07, 6.45) is 0. The summed E-state index contributed by atoms with van der Waals surface area (Å²) in [7, 11) is 0. The molecule has 3 nitrogen and oxygen atoms in total. The minimum absolute atomic E-state index is 0.135. The van der Waals surface area contributed by atoms with Crippen LogP contribution in [0.4, 0.5) is 0 Å². The molecule has 1 rings (SSSR count). The van der Waals surface area contributed by atoms with E-state index in [0.717, 1.165) is 0 Å². The summed E-state index contributed by atoms with van der Waals surface area (Å²) in [6, 6.07) is 7.06. The number of hydrogen-bond donors (Lipinski definition) is 1. The molecular weight excluding hydrogens is 166 g/mol. The average molecular weight is 177 g/mol. The molecule has 1 N–H and O–H groups in total. The van der Waals surface area contributed by atoms with Gasteiger partial charge in [0.25, 0.3) is 0 Å². The molecular formula is C10H11NO2. The summed E-state index contributed by atoms with van der Waals surface area (Å²) >= 11 is 0. The standard InChI is InChI=1S/C10H11NO2/c1-2-13-10-4-3-8(6-11)9(5-10)7-12/h3-5,12H,2,7H2,1H3. The lowest BCUT2D eigenvalue weighted by molar-refractivity contribution is 0.279. The molecule has 13 heavy (non-hydrogen) atoms. The molecule has 0 unspecified atom stereocenters. The number of hydrogen-bond acceptors (Lipinski definition) is 3. The van der Waals surface area contributed by atoms with Crippen LogP contribution in [-0.4, -0.2) is 11.7 Å². The minimum Gasteiger partial charge on any atom is -0.494 e. The van der Waals surface area contributed by atoms with E-state index in [9.17, 15) is 0 Å². The van der Waals surface area contributed by atoms with Crippen molar-refractivity contribution in [3.05, 3.63) is 29.3 Å². The summed E-state index contributed by atoms with van der Waals surface area (Å²) in [5.41, 5.74) is 1.10. The molecule has 0 spiro atoms. The van der Waals surface area contributed by atoms with Gasteiger partial charge >= 0.3 is 0 Å². The Bertz CT molecular complexity index is 328. The Balaban J connectivity index is 3.00. The van der Waals surface area contributed by atoms with Gasteiger partial charge in [0.2, 0.25) is 0 Å². The Labute approximate surface area is 77.2 Å². The minimum atomic E-state index is -0.135. The Morgan fingerprint density at radius 1 is 1.54 bits per heavy atom. The molecule has 68 valence electrons. The first-order valence-corrected chi connectivity index (χ1v) is 4.08. The number of nitrogens with zero attached hydrogens (tertiary/aromatic N) is 1. The maximum Gasteiger partial charge on any atom is 0.119 e. The molecule has 0 aromatic heterocycles. The molecule has 0 saturated heterocycles. The highest BCUT2D eigenvalue weighted by Gasteiger charge is 2.02. The van der Waals surface area contributed by atoms with Crippen LogP contribution in [0.1, 0.15) is 18.1 Å². The van der Waals surface area contributed by atoms with E-state index < -0.39 is 0 Å². The Kier molecular flexibility index (Phi) is 3.30. The van der Waals surface area contributed by atoms with Crippen molar-refractivity contribution in [1.29, 1.82) is 5.26 Å². The van der Waals surface area contributed by atoms with Gasteiger partial charge in [-0.05, 0) is 30.7 Å². The second kappa shape index (κ2) is 4.48. The van der Waals surface area contributed by atoms with Crippen molar-refractivity contribution in [2.24, 2.45) is 0 Å². The number of ether oxygens (including phenoxy) is 1. The molecule has 0 fully saturated rings. The van der Waals surface area contributed by atoms with Crippen molar-refractivity contribution < 1.29 is 9.84 Å². The lowest BCUT2D eigenvalue weighted by Gasteiger charge is -2.05. The fraction of sp³-hybridized carbons (Fsp3) is 0.300. The first kappa shape index (κ1) is 9.56. The third-order valence-corrected chi connectivity index (χ3v) is 1.68. The van der Waals surface area contributed by atoms with Crippen LogP contribution < -0.4 is 4.74 Å². The summed E-state index contributed by atoms with van der Waals surface area (Å²) in [6.45, 7) is 2.33. The average Bonchev–Trinajstić information content (AvgIpc) is 2.18. The smallest absolute Gasteiger partial charge is 0.119 e. The molecule has 0 saturated carbocycles. The summed E-state index contributed by atoms with van der Waals surface area (Å²) in [4.78, 5) is 0. The zero-order valence-electron chi connectivity index (χ0n) is 7.45. The van der Waals surface area contributed by atoms with Gasteiger partial charge in [-0.1, -0.05) is 0 Å². The van der Waals surface area contributed by atoms with Crippen molar-refractivity contribution in [2.45, 2.75) is 13.5 Å². The number of aliphatic hydroxyl groups is 1. The van der Waals surface area contributed by atoms with Gasteiger partial charge in [-0.2, -0.15) is 5.26 Å². The van der Waals surface area contributed by atoms with Gasteiger partial charge < -0.3 is 9.84 Å². The quantitative estimate of drug-likeness (QED) is 0.760. The van der Waals surface area contributed by atoms with E-state index in [1.54, 1.807) is 18.2 Å². The molecule has 1 aromatic rings. The first-order valence-electron chi connectivity index (χ1n) is 4.08. The maximum atomic E-state index is 8.94. The molecule has 0 aliphatic carbocycles. The number of rotatable bonds is 3. The van der Waals surface area contributed by atoms with E-state index in [0.29, 0.717) is 23.5 Å².